The van der Waals surface area contributed by atoms with Gasteiger partial charge in [0.1, 0.15) is 73.1 Å². The van der Waals surface area contributed by atoms with E-state index < -0.39 is 129 Å². The molecule has 3 fully saturated rings. The van der Waals surface area contributed by atoms with Gasteiger partial charge in [0, 0.05) is 20.8 Å². The fourth-order valence-electron chi connectivity index (χ4n) is 5.17. The van der Waals surface area contributed by atoms with Crippen molar-refractivity contribution in [3.63, 3.8) is 0 Å². The molecule has 3 rings (SSSR count). The molecule has 15 atom stereocenters. The second kappa shape index (κ2) is 15.3. The van der Waals surface area contributed by atoms with Gasteiger partial charge >= 0.3 is 0 Å². The number of rotatable bonds is 10. The molecule has 19 heteroatoms. The summed E-state index contributed by atoms with van der Waals surface area (Å²) in [6, 6.07) is -4.13. The first-order valence-corrected chi connectivity index (χ1v) is 13.5. The van der Waals surface area contributed by atoms with E-state index in [2.05, 4.69) is 16.0 Å². The van der Waals surface area contributed by atoms with Crippen LogP contribution >= 0.6 is 0 Å². The number of nitrogens with one attached hydrogen (secondary N) is 3. The Morgan fingerprint density at radius 1 is 0.605 bits per heavy atom. The van der Waals surface area contributed by atoms with Crippen molar-refractivity contribution in [2.45, 2.75) is 113 Å². The van der Waals surface area contributed by atoms with Gasteiger partial charge in [-0.3, -0.25) is 14.4 Å². The number of aliphatic hydroxyl groups excluding tert-OH is 8. The molecule has 0 aliphatic carbocycles. The topological polar surface area (TPSA) is 295 Å². The highest BCUT2D eigenvalue weighted by Crippen LogP contribution is 2.30. The van der Waals surface area contributed by atoms with Crippen molar-refractivity contribution >= 4 is 17.7 Å². The molecule has 0 spiro atoms. The van der Waals surface area contributed by atoms with Gasteiger partial charge in [-0.25, -0.2) is 0 Å². The smallest absolute Gasteiger partial charge is 0.217 e. The third-order valence-corrected chi connectivity index (χ3v) is 7.28. The first-order valence-electron chi connectivity index (χ1n) is 13.5. The maximum Gasteiger partial charge on any atom is 0.217 e. The molecule has 0 saturated carbocycles. The molecule has 0 aromatic rings. The molecule has 0 aromatic heterocycles. The molecule has 11 N–H and O–H groups in total. The molecule has 3 aliphatic heterocycles. The van der Waals surface area contributed by atoms with E-state index in [1.54, 1.807) is 0 Å². The molecule has 0 unspecified atom stereocenters. The summed E-state index contributed by atoms with van der Waals surface area (Å²) in [5.74, 6) is -1.88. The Hall–Kier alpha value is -2.11. The van der Waals surface area contributed by atoms with Gasteiger partial charge in [-0.2, -0.15) is 0 Å². The number of amides is 3. The van der Waals surface area contributed by atoms with Crippen LogP contribution < -0.4 is 16.0 Å². The lowest BCUT2D eigenvalue weighted by molar-refractivity contribution is -0.337. The van der Waals surface area contributed by atoms with Gasteiger partial charge in [-0.1, -0.05) is 0 Å². The van der Waals surface area contributed by atoms with Crippen LogP contribution in [0.2, 0.25) is 0 Å². The van der Waals surface area contributed by atoms with Crippen LogP contribution in [-0.4, -0.2) is 170 Å². The minimum absolute atomic E-state index is 0.572. The SMILES string of the molecule is CC(=O)N[C@@H]1[C@@H](O)[C@@H](O)[C@@H](CO[C@@H]2O[C@H](CO)[C@@H](O[C@@H]3O[C@H](CO)[C@H](O)[C@H](O)[C@H]3NC(C)=O)[C@H](O)[C@H]2NC(C)=O)O[C@@H]1O. The van der Waals surface area contributed by atoms with Crippen LogP contribution in [0, 0.1) is 0 Å². The average molecular weight is 628 g/mol. The normalized spacial score (nSPS) is 43.5. The average Bonchev–Trinajstić information content (AvgIpc) is 2.93. The lowest BCUT2D eigenvalue weighted by Crippen LogP contribution is -2.69. The number of carbonyl (C=O) groups is 3. The molecule has 3 heterocycles. The van der Waals surface area contributed by atoms with E-state index in [9.17, 15) is 55.2 Å². The van der Waals surface area contributed by atoms with E-state index >= 15 is 0 Å². The molecule has 43 heavy (non-hydrogen) atoms. The zero-order chi connectivity index (χ0) is 32.2. The van der Waals surface area contributed by atoms with E-state index in [0.29, 0.717) is 0 Å². The molecule has 0 radical (unpaired) electrons. The Labute approximate surface area is 245 Å². The van der Waals surface area contributed by atoms with Crippen LogP contribution in [0.25, 0.3) is 0 Å². The highest BCUT2D eigenvalue weighted by molar-refractivity contribution is 5.74. The van der Waals surface area contributed by atoms with Crippen molar-refractivity contribution in [3.05, 3.63) is 0 Å². The third-order valence-electron chi connectivity index (χ3n) is 7.28. The van der Waals surface area contributed by atoms with Crippen molar-refractivity contribution in [3.8, 4) is 0 Å². The summed E-state index contributed by atoms with van der Waals surface area (Å²) < 4.78 is 28.0. The van der Waals surface area contributed by atoms with Crippen LogP contribution in [0.3, 0.4) is 0 Å². The number of aliphatic hydroxyl groups is 8. The Morgan fingerprint density at radius 2 is 1.07 bits per heavy atom. The van der Waals surface area contributed by atoms with Crippen molar-refractivity contribution in [1.82, 2.24) is 16.0 Å². The Kier molecular flexibility index (Phi) is 12.5. The van der Waals surface area contributed by atoms with E-state index in [0.717, 1.165) is 20.8 Å². The van der Waals surface area contributed by atoms with Gasteiger partial charge in [0.05, 0.1) is 19.8 Å². The summed E-state index contributed by atoms with van der Waals surface area (Å²) >= 11 is 0. The molecule has 3 saturated heterocycles. The second-order valence-corrected chi connectivity index (χ2v) is 10.6. The van der Waals surface area contributed by atoms with Crippen molar-refractivity contribution < 1.29 is 78.9 Å². The predicted octanol–water partition coefficient (Wildman–Crippen LogP) is -7.14. The van der Waals surface area contributed by atoms with Gasteiger partial charge < -0.3 is 80.5 Å². The summed E-state index contributed by atoms with van der Waals surface area (Å²) in [4.78, 5) is 35.1. The summed E-state index contributed by atoms with van der Waals surface area (Å²) in [7, 11) is 0. The largest absolute Gasteiger partial charge is 0.394 e. The molecule has 3 amide bonds. The molecular weight excluding hydrogens is 586 g/mol. The van der Waals surface area contributed by atoms with Crippen molar-refractivity contribution in [1.29, 1.82) is 0 Å². The predicted molar refractivity (Wildman–Crippen MR) is 136 cm³/mol. The van der Waals surface area contributed by atoms with Gasteiger partial charge in [0.25, 0.3) is 0 Å². The van der Waals surface area contributed by atoms with Gasteiger partial charge in [0.2, 0.25) is 17.7 Å². The highest BCUT2D eigenvalue weighted by atomic mass is 16.7. The van der Waals surface area contributed by atoms with Crippen molar-refractivity contribution in [2.24, 2.45) is 0 Å². The zero-order valence-corrected chi connectivity index (χ0v) is 23.6. The summed E-state index contributed by atoms with van der Waals surface area (Å²) in [6.07, 6.45) is -18.8. The maximum absolute atomic E-state index is 12.0. The van der Waals surface area contributed by atoms with Gasteiger partial charge in [0.15, 0.2) is 18.9 Å². The first-order chi connectivity index (χ1) is 20.2. The van der Waals surface area contributed by atoms with Gasteiger partial charge in [-0.05, 0) is 0 Å². The Balaban J connectivity index is 1.78. The fourth-order valence-corrected chi connectivity index (χ4v) is 5.17. The summed E-state index contributed by atoms with van der Waals surface area (Å²) in [5, 5.41) is 89.8. The van der Waals surface area contributed by atoms with E-state index in [4.69, 9.17) is 23.7 Å². The quantitative estimate of drug-likeness (QED) is 0.107. The lowest BCUT2D eigenvalue weighted by atomic mass is 9.94. The highest BCUT2D eigenvalue weighted by Gasteiger charge is 2.52. The molecule has 3 aliphatic rings. The molecule has 248 valence electrons. The maximum atomic E-state index is 12.0. The third kappa shape index (κ3) is 8.34. The molecule has 19 nitrogen and oxygen atoms in total. The first kappa shape index (κ1) is 35.4. The van der Waals surface area contributed by atoms with E-state index in [-0.39, 0.29) is 0 Å². The number of ether oxygens (including phenoxy) is 5. The minimum Gasteiger partial charge on any atom is -0.394 e. The molecule has 0 bridgehead atoms. The van der Waals surface area contributed by atoms with Crippen LogP contribution in [0.4, 0.5) is 0 Å². The second-order valence-electron chi connectivity index (χ2n) is 10.6. The van der Waals surface area contributed by atoms with E-state index in [1.165, 1.54) is 0 Å². The standard InChI is InChI=1S/C24H41N3O16/c1-7(30)25-13-18(35)17(34)12(40-22(13)38)6-39-23-15(27-9(3)32)20(37)21(11(5-29)42-23)43-24-14(26-8(2)31)19(36)16(33)10(4-28)41-24/h10-24,28-29,33-38H,4-6H2,1-3H3,(H,25,30)(H,26,31)(H,27,32)/t10-,11-,12-,13-,14-,15-,16+,17+,18-,19-,20-,21-,22+,23-,24+/m1/s1. The van der Waals surface area contributed by atoms with E-state index in [1.807, 2.05) is 0 Å². The zero-order valence-electron chi connectivity index (χ0n) is 23.6. The van der Waals surface area contributed by atoms with Crippen molar-refractivity contribution in [2.75, 3.05) is 19.8 Å². The number of hydrogen-bond acceptors (Lipinski definition) is 16. The fraction of sp³-hybridized carbons (Fsp3) is 0.875. The molecule has 0 aromatic carbocycles. The van der Waals surface area contributed by atoms with Gasteiger partial charge in [-0.15, -0.1) is 0 Å². The number of carbonyl (C=O) groups excluding carboxylic acids is 3. The summed E-state index contributed by atoms with van der Waals surface area (Å²) in [6.45, 7) is 1.29. The Bertz CT molecular complexity index is 962. The van der Waals surface area contributed by atoms with Crippen LogP contribution in [-0.2, 0) is 38.1 Å². The monoisotopic (exact) mass is 627 g/mol. The van der Waals surface area contributed by atoms with Crippen LogP contribution in [0.5, 0.6) is 0 Å². The number of hydrogen-bond donors (Lipinski definition) is 11. The van der Waals surface area contributed by atoms with Crippen LogP contribution in [0.15, 0.2) is 0 Å². The lowest BCUT2D eigenvalue weighted by Gasteiger charge is -2.48. The van der Waals surface area contributed by atoms with Crippen LogP contribution in [0.1, 0.15) is 20.8 Å². The summed E-state index contributed by atoms with van der Waals surface area (Å²) in [5.41, 5.74) is 0. The Morgan fingerprint density at radius 3 is 1.60 bits per heavy atom. The minimum atomic E-state index is -1.73. The molecular formula is C24H41N3O16.